The Hall–Kier alpha value is -2.40. The van der Waals surface area contributed by atoms with Gasteiger partial charge in [-0.15, -0.1) is 0 Å². The summed E-state index contributed by atoms with van der Waals surface area (Å²) in [6.45, 7) is 0. The largest absolute Gasteiger partial charge is 0.497 e. The lowest BCUT2D eigenvalue weighted by Gasteiger charge is -2.16. The van der Waals surface area contributed by atoms with E-state index in [0.717, 1.165) is 4.47 Å². The van der Waals surface area contributed by atoms with Crippen molar-refractivity contribution in [2.24, 2.45) is 4.99 Å². The first-order valence-electron chi connectivity index (χ1n) is 8.56. The molecule has 0 aliphatic carbocycles. The highest BCUT2D eigenvalue weighted by atomic mass is 79.9. The SMILES string of the molecule is COc1cccc(C(C=Nc2ccc(Br)cn2)S(=O)(=O)c2ccccc2S(=O)O)c1. The van der Waals surface area contributed by atoms with E-state index in [2.05, 4.69) is 25.9 Å². The van der Waals surface area contributed by atoms with Crippen molar-refractivity contribution in [3.8, 4) is 5.75 Å². The molecule has 0 saturated heterocycles. The molecule has 7 nitrogen and oxygen atoms in total. The van der Waals surface area contributed by atoms with Crippen LogP contribution in [0.4, 0.5) is 5.82 Å². The monoisotopic (exact) mass is 508 g/mol. The van der Waals surface area contributed by atoms with Crippen LogP contribution in [-0.4, -0.2) is 35.5 Å². The molecule has 2 unspecified atom stereocenters. The Kier molecular flexibility index (Phi) is 7.14. The maximum atomic E-state index is 13.5. The van der Waals surface area contributed by atoms with Crippen LogP contribution < -0.4 is 4.74 Å². The molecule has 0 bridgehead atoms. The van der Waals surface area contributed by atoms with Crippen molar-refractivity contribution in [3.05, 3.63) is 76.9 Å². The smallest absolute Gasteiger partial charge is 0.191 e. The van der Waals surface area contributed by atoms with Crippen molar-refractivity contribution in [2.45, 2.75) is 15.0 Å². The van der Waals surface area contributed by atoms with Gasteiger partial charge in [-0.3, -0.25) is 0 Å². The van der Waals surface area contributed by atoms with Crippen LogP contribution in [0.1, 0.15) is 10.8 Å². The van der Waals surface area contributed by atoms with Gasteiger partial charge in [0, 0.05) is 16.9 Å². The lowest BCUT2D eigenvalue weighted by Crippen LogP contribution is -2.17. The molecule has 0 saturated carbocycles. The predicted octanol–water partition coefficient (Wildman–Crippen LogP) is 4.35. The molecule has 0 spiro atoms. The van der Waals surface area contributed by atoms with Gasteiger partial charge in [-0.1, -0.05) is 24.3 Å². The number of sulfone groups is 1. The summed E-state index contributed by atoms with van der Waals surface area (Å²) in [5.41, 5.74) is 0.397. The van der Waals surface area contributed by atoms with Gasteiger partial charge in [0.1, 0.15) is 11.0 Å². The Morgan fingerprint density at radius 2 is 1.93 bits per heavy atom. The molecule has 156 valence electrons. The predicted molar refractivity (Wildman–Crippen MR) is 118 cm³/mol. The van der Waals surface area contributed by atoms with Crippen molar-refractivity contribution in [1.82, 2.24) is 4.98 Å². The number of halogens is 1. The second-order valence-corrected chi connectivity index (χ2v) is 9.94. The number of aromatic nitrogens is 1. The first-order chi connectivity index (χ1) is 14.3. The van der Waals surface area contributed by atoms with Crippen molar-refractivity contribution < 1.29 is 21.9 Å². The Labute approximate surface area is 185 Å². The zero-order valence-electron chi connectivity index (χ0n) is 15.7. The maximum Gasteiger partial charge on any atom is 0.191 e. The van der Waals surface area contributed by atoms with Gasteiger partial charge < -0.3 is 9.29 Å². The number of hydrogen-bond donors (Lipinski definition) is 1. The molecule has 1 N–H and O–H groups in total. The number of ether oxygens (including phenoxy) is 1. The average Bonchev–Trinajstić information content (AvgIpc) is 2.75. The van der Waals surface area contributed by atoms with Gasteiger partial charge in [-0.2, -0.15) is 0 Å². The fourth-order valence-electron chi connectivity index (χ4n) is 2.72. The van der Waals surface area contributed by atoms with E-state index in [1.54, 1.807) is 42.6 Å². The molecular weight excluding hydrogens is 492 g/mol. The van der Waals surface area contributed by atoms with Crippen LogP contribution in [0.3, 0.4) is 0 Å². The maximum absolute atomic E-state index is 13.5. The third-order valence-corrected chi connectivity index (χ3v) is 7.52. The Balaban J connectivity index is 2.15. The lowest BCUT2D eigenvalue weighted by atomic mass is 10.1. The first-order valence-corrected chi connectivity index (χ1v) is 12.0. The Morgan fingerprint density at radius 1 is 1.17 bits per heavy atom. The highest BCUT2D eigenvalue weighted by Gasteiger charge is 2.31. The van der Waals surface area contributed by atoms with Crippen molar-refractivity contribution in [3.63, 3.8) is 0 Å². The lowest BCUT2D eigenvalue weighted by molar-refractivity contribution is 0.414. The summed E-state index contributed by atoms with van der Waals surface area (Å²) in [5.74, 6) is 0.794. The minimum absolute atomic E-state index is 0.194. The minimum Gasteiger partial charge on any atom is -0.497 e. The number of methoxy groups -OCH3 is 1. The van der Waals surface area contributed by atoms with Gasteiger partial charge in [0.25, 0.3) is 0 Å². The van der Waals surface area contributed by atoms with Gasteiger partial charge in [0.15, 0.2) is 26.7 Å². The van der Waals surface area contributed by atoms with Crippen molar-refractivity contribution in [2.75, 3.05) is 7.11 Å². The molecule has 1 aromatic heterocycles. The van der Waals surface area contributed by atoms with Gasteiger partial charge in [0.2, 0.25) is 0 Å². The van der Waals surface area contributed by atoms with E-state index < -0.39 is 26.2 Å². The van der Waals surface area contributed by atoms with Crippen molar-refractivity contribution in [1.29, 1.82) is 0 Å². The third-order valence-electron chi connectivity index (χ3n) is 4.15. The molecule has 3 rings (SSSR count). The zero-order valence-corrected chi connectivity index (χ0v) is 18.9. The van der Waals surface area contributed by atoms with E-state index in [-0.39, 0.29) is 9.79 Å². The molecule has 0 radical (unpaired) electrons. The van der Waals surface area contributed by atoms with Gasteiger partial charge >= 0.3 is 0 Å². The molecule has 10 heteroatoms. The van der Waals surface area contributed by atoms with Gasteiger partial charge in [-0.05, 0) is 57.9 Å². The van der Waals surface area contributed by atoms with Crippen LogP contribution in [0.2, 0.25) is 0 Å². The van der Waals surface area contributed by atoms with Gasteiger partial charge in [-0.25, -0.2) is 22.6 Å². The molecule has 30 heavy (non-hydrogen) atoms. The van der Waals surface area contributed by atoms with Crippen LogP contribution in [-0.2, 0) is 20.9 Å². The normalized spacial score (nSPS) is 13.8. The van der Waals surface area contributed by atoms with E-state index >= 15 is 0 Å². The number of aliphatic imine (C=N–C) groups is 1. The second kappa shape index (κ2) is 9.61. The highest BCUT2D eigenvalue weighted by molar-refractivity contribution is 9.10. The topological polar surface area (TPSA) is 106 Å². The summed E-state index contributed by atoms with van der Waals surface area (Å²) in [6.07, 6.45) is 2.81. The molecular formula is C20H17BrN2O5S2. The third kappa shape index (κ3) is 5.01. The first kappa shape index (κ1) is 22.3. The van der Waals surface area contributed by atoms with E-state index in [1.165, 1.54) is 37.6 Å². The van der Waals surface area contributed by atoms with Crippen molar-refractivity contribution >= 4 is 48.9 Å². The molecule has 2 atom stereocenters. The molecule has 1 heterocycles. The van der Waals surface area contributed by atoms with Crippen LogP contribution in [0.25, 0.3) is 0 Å². The van der Waals surface area contributed by atoms with E-state index in [0.29, 0.717) is 17.1 Å². The fourth-order valence-corrected chi connectivity index (χ4v) is 5.57. The van der Waals surface area contributed by atoms with E-state index in [1.807, 2.05) is 0 Å². The summed E-state index contributed by atoms with van der Waals surface area (Å²) in [4.78, 5) is 7.92. The minimum atomic E-state index is -4.13. The molecule has 2 aromatic carbocycles. The summed E-state index contributed by atoms with van der Waals surface area (Å²) in [6, 6.07) is 15.5. The molecule has 0 aliphatic heterocycles. The number of nitrogens with zero attached hydrogens (tertiary/aromatic N) is 2. The number of benzene rings is 2. The van der Waals surface area contributed by atoms with E-state index in [4.69, 9.17) is 4.74 Å². The van der Waals surface area contributed by atoms with E-state index in [9.17, 15) is 17.2 Å². The zero-order chi connectivity index (χ0) is 21.7. The molecule has 0 amide bonds. The quantitative estimate of drug-likeness (QED) is 0.375. The summed E-state index contributed by atoms with van der Waals surface area (Å²) < 4.78 is 54.3. The summed E-state index contributed by atoms with van der Waals surface area (Å²) in [5, 5.41) is -1.23. The summed E-state index contributed by atoms with van der Waals surface area (Å²) >= 11 is 0.811. The average molecular weight is 509 g/mol. The molecule has 0 fully saturated rings. The van der Waals surface area contributed by atoms with Crippen LogP contribution in [0.5, 0.6) is 5.75 Å². The standard InChI is InChI=1S/C20H17BrN2O5S2/c1-28-16-6-4-5-14(11-16)19(13-23-20-10-9-15(21)12-22-20)30(26,27)18-8-3-2-7-17(18)29(24)25/h2-13,19H,1H3,(H,24,25). The molecule has 3 aromatic rings. The number of rotatable bonds is 7. The van der Waals surface area contributed by atoms with Crippen LogP contribution in [0.15, 0.2) is 86.1 Å². The molecule has 0 aliphatic rings. The van der Waals surface area contributed by atoms with Gasteiger partial charge in [0.05, 0.1) is 16.9 Å². The Morgan fingerprint density at radius 3 is 2.60 bits per heavy atom. The fraction of sp³-hybridized carbons (Fsp3) is 0.100. The van der Waals surface area contributed by atoms with Crippen LogP contribution in [0, 0.1) is 0 Å². The number of pyridine rings is 1. The number of hydrogen-bond acceptors (Lipinski definition) is 6. The van der Waals surface area contributed by atoms with Crippen LogP contribution >= 0.6 is 15.9 Å². The highest BCUT2D eigenvalue weighted by Crippen LogP contribution is 2.33. The Bertz CT molecular complexity index is 1200. The second-order valence-electron chi connectivity index (χ2n) is 6.05. The summed E-state index contributed by atoms with van der Waals surface area (Å²) in [7, 11) is -2.65.